The standard InChI is InChI=1S/C20H18FN5O3/c1-11-7-8-13(9-12(11)2)26-19(28)17-18(20(26)29)25(24-23-17)10-16(27)22-15-6-4-3-5-14(15)21/h3-9,17-18H,10H2,1-2H3,(H,22,27)/t17-,18-/m0/s1. The maximum atomic E-state index is 13.7. The Kier molecular flexibility index (Phi) is 4.57. The summed E-state index contributed by atoms with van der Waals surface area (Å²) in [5, 5.41) is 11.3. The van der Waals surface area contributed by atoms with Crippen LogP contribution in [0.5, 0.6) is 0 Å². The molecule has 0 spiro atoms. The maximum absolute atomic E-state index is 13.7. The van der Waals surface area contributed by atoms with Crippen LogP contribution in [-0.4, -0.2) is 41.4 Å². The van der Waals surface area contributed by atoms with Crippen LogP contribution in [0.1, 0.15) is 11.1 Å². The molecule has 8 nitrogen and oxygen atoms in total. The van der Waals surface area contributed by atoms with Gasteiger partial charge in [-0.25, -0.2) is 9.29 Å². The third kappa shape index (κ3) is 3.24. The average molecular weight is 395 g/mol. The number of hydrogen-bond acceptors (Lipinski definition) is 6. The number of aryl methyl sites for hydroxylation is 2. The number of nitrogens with zero attached hydrogens (tertiary/aromatic N) is 4. The number of fused-ring (bicyclic) bond motifs is 1. The van der Waals surface area contributed by atoms with Crippen molar-refractivity contribution in [2.24, 2.45) is 10.3 Å². The van der Waals surface area contributed by atoms with Crippen LogP contribution < -0.4 is 10.2 Å². The van der Waals surface area contributed by atoms with Gasteiger partial charge in [0.1, 0.15) is 12.4 Å². The molecule has 0 aromatic heterocycles. The van der Waals surface area contributed by atoms with Crippen LogP contribution >= 0.6 is 0 Å². The molecule has 148 valence electrons. The monoisotopic (exact) mass is 395 g/mol. The van der Waals surface area contributed by atoms with Crippen LogP contribution in [0.25, 0.3) is 0 Å². The molecule has 2 aliphatic rings. The molecule has 9 heteroatoms. The Balaban J connectivity index is 1.51. The minimum Gasteiger partial charge on any atom is -0.322 e. The van der Waals surface area contributed by atoms with E-state index in [4.69, 9.17) is 0 Å². The molecule has 3 amide bonds. The van der Waals surface area contributed by atoms with Crippen molar-refractivity contribution in [3.8, 4) is 0 Å². The van der Waals surface area contributed by atoms with E-state index in [1.807, 2.05) is 19.9 Å². The molecule has 1 N–H and O–H groups in total. The fourth-order valence-electron chi connectivity index (χ4n) is 3.37. The van der Waals surface area contributed by atoms with E-state index in [0.29, 0.717) is 5.69 Å². The van der Waals surface area contributed by atoms with Gasteiger partial charge in [0.25, 0.3) is 11.8 Å². The summed E-state index contributed by atoms with van der Waals surface area (Å²) < 4.78 is 13.7. The lowest BCUT2D eigenvalue weighted by Gasteiger charge is -2.20. The van der Waals surface area contributed by atoms with E-state index in [0.717, 1.165) is 16.0 Å². The van der Waals surface area contributed by atoms with Gasteiger partial charge < -0.3 is 5.32 Å². The van der Waals surface area contributed by atoms with E-state index in [9.17, 15) is 18.8 Å². The molecule has 2 atom stereocenters. The number of imide groups is 1. The van der Waals surface area contributed by atoms with Crippen molar-refractivity contribution in [2.75, 3.05) is 16.8 Å². The third-order valence-electron chi connectivity index (χ3n) is 5.06. The molecule has 0 aliphatic carbocycles. The van der Waals surface area contributed by atoms with Gasteiger partial charge in [-0.1, -0.05) is 23.4 Å². The van der Waals surface area contributed by atoms with Crippen molar-refractivity contribution in [3.05, 3.63) is 59.4 Å². The lowest BCUT2D eigenvalue weighted by Crippen LogP contribution is -2.43. The van der Waals surface area contributed by atoms with Crippen LogP contribution in [0.3, 0.4) is 0 Å². The summed E-state index contributed by atoms with van der Waals surface area (Å²) in [6.45, 7) is 3.49. The number of carbonyl (C=O) groups is 3. The number of amides is 3. The molecule has 29 heavy (non-hydrogen) atoms. The fourth-order valence-corrected chi connectivity index (χ4v) is 3.37. The molecule has 0 radical (unpaired) electrons. The Morgan fingerprint density at radius 1 is 1.10 bits per heavy atom. The molecule has 2 heterocycles. The lowest BCUT2D eigenvalue weighted by atomic mass is 10.1. The highest BCUT2D eigenvalue weighted by Gasteiger charge is 2.55. The Labute approximate surface area is 166 Å². The second kappa shape index (κ2) is 7.08. The van der Waals surface area contributed by atoms with E-state index < -0.39 is 35.6 Å². The summed E-state index contributed by atoms with van der Waals surface area (Å²) in [5.74, 6) is -2.12. The van der Waals surface area contributed by atoms with Crippen LogP contribution in [0.15, 0.2) is 52.8 Å². The summed E-state index contributed by atoms with van der Waals surface area (Å²) in [6.07, 6.45) is 0. The first-order valence-corrected chi connectivity index (χ1v) is 9.03. The van der Waals surface area contributed by atoms with E-state index in [1.165, 1.54) is 23.2 Å². The second-order valence-electron chi connectivity index (χ2n) is 7.00. The van der Waals surface area contributed by atoms with Gasteiger partial charge in [-0.3, -0.25) is 19.4 Å². The van der Waals surface area contributed by atoms with Crippen LogP contribution in [0, 0.1) is 19.7 Å². The van der Waals surface area contributed by atoms with Gasteiger partial charge in [-0.15, -0.1) is 0 Å². The number of nitrogens with one attached hydrogen (secondary N) is 1. The van der Waals surface area contributed by atoms with Gasteiger partial charge in [0.05, 0.1) is 11.4 Å². The molecule has 0 bridgehead atoms. The van der Waals surface area contributed by atoms with Gasteiger partial charge in [0, 0.05) is 0 Å². The van der Waals surface area contributed by atoms with Gasteiger partial charge >= 0.3 is 0 Å². The number of carbonyl (C=O) groups excluding carboxylic acids is 3. The molecule has 2 aromatic carbocycles. The predicted molar refractivity (Wildman–Crippen MR) is 103 cm³/mol. The first-order chi connectivity index (χ1) is 13.9. The number of benzene rings is 2. The molecular formula is C20H18FN5O3. The Bertz CT molecular complexity index is 1050. The summed E-state index contributed by atoms with van der Waals surface area (Å²) in [4.78, 5) is 39.1. The van der Waals surface area contributed by atoms with Crippen molar-refractivity contribution in [3.63, 3.8) is 0 Å². The van der Waals surface area contributed by atoms with E-state index in [1.54, 1.807) is 18.2 Å². The van der Waals surface area contributed by atoms with Crippen LogP contribution in [0.2, 0.25) is 0 Å². The fraction of sp³-hybridized carbons (Fsp3) is 0.250. The first kappa shape index (κ1) is 18.7. The summed E-state index contributed by atoms with van der Waals surface area (Å²) in [5.41, 5.74) is 2.47. The van der Waals surface area contributed by atoms with E-state index >= 15 is 0 Å². The average Bonchev–Trinajstić information content (AvgIpc) is 3.20. The molecule has 0 saturated carbocycles. The highest BCUT2D eigenvalue weighted by Crippen LogP contribution is 2.32. The zero-order chi connectivity index (χ0) is 20.7. The molecule has 1 fully saturated rings. The first-order valence-electron chi connectivity index (χ1n) is 9.03. The predicted octanol–water partition coefficient (Wildman–Crippen LogP) is 2.37. The quantitative estimate of drug-likeness (QED) is 0.804. The van der Waals surface area contributed by atoms with E-state index in [-0.39, 0.29) is 12.2 Å². The summed E-state index contributed by atoms with van der Waals surface area (Å²) in [6, 6.07) is 9.06. The Hall–Kier alpha value is -3.62. The topological polar surface area (TPSA) is 94.4 Å². The summed E-state index contributed by atoms with van der Waals surface area (Å²) >= 11 is 0. The maximum Gasteiger partial charge on any atom is 0.263 e. The highest BCUT2D eigenvalue weighted by molar-refractivity contribution is 6.25. The second-order valence-corrected chi connectivity index (χ2v) is 7.00. The molecular weight excluding hydrogens is 377 g/mol. The minimum absolute atomic E-state index is 0.0239. The number of rotatable bonds is 4. The van der Waals surface area contributed by atoms with Crippen LogP contribution in [-0.2, 0) is 14.4 Å². The summed E-state index contributed by atoms with van der Waals surface area (Å²) in [7, 11) is 0. The molecule has 0 unspecified atom stereocenters. The Morgan fingerprint density at radius 3 is 2.59 bits per heavy atom. The number of para-hydroxylation sites is 1. The number of hydrogen-bond donors (Lipinski definition) is 1. The number of anilines is 2. The Morgan fingerprint density at radius 2 is 1.86 bits per heavy atom. The zero-order valence-electron chi connectivity index (χ0n) is 15.8. The highest BCUT2D eigenvalue weighted by atomic mass is 19.1. The largest absolute Gasteiger partial charge is 0.322 e. The molecule has 2 aromatic rings. The molecule has 1 saturated heterocycles. The van der Waals surface area contributed by atoms with Crippen molar-refractivity contribution in [1.29, 1.82) is 0 Å². The lowest BCUT2D eigenvalue weighted by molar-refractivity contribution is -0.123. The van der Waals surface area contributed by atoms with Crippen molar-refractivity contribution >= 4 is 29.1 Å². The minimum atomic E-state index is -0.995. The van der Waals surface area contributed by atoms with Gasteiger partial charge in [0.2, 0.25) is 5.91 Å². The normalized spacial score (nSPS) is 20.4. The molecule has 2 aliphatic heterocycles. The number of halogens is 1. The third-order valence-corrected chi connectivity index (χ3v) is 5.06. The molecule has 4 rings (SSSR count). The SMILES string of the molecule is Cc1ccc(N2C(=O)[C@H]3N=NN(CC(=O)Nc4ccccc4F)[C@@H]3C2=O)cc1C. The van der Waals surface area contributed by atoms with Crippen molar-refractivity contribution in [2.45, 2.75) is 25.9 Å². The van der Waals surface area contributed by atoms with Gasteiger partial charge in [-0.05, 0) is 49.2 Å². The zero-order valence-corrected chi connectivity index (χ0v) is 15.8. The van der Waals surface area contributed by atoms with Crippen molar-refractivity contribution in [1.82, 2.24) is 5.01 Å². The van der Waals surface area contributed by atoms with Crippen LogP contribution in [0.4, 0.5) is 15.8 Å². The van der Waals surface area contributed by atoms with E-state index in [2.05, 4.69) is 15.7 Å². The van der Waals surface area contributed by atoms with Crippen molar-refractivity contribution < 1.29 is 18.8 Å². The smallest absolute Gasteiger partial charge is 0.263 e. The van der Waals surface area contributed by atoms with Gasteiger partial charge in [-0.2, -0.15) is 5.11 Å². The van der Waals surface area contributed by atoms with Gasteiger partial charge in [0.15, 0.2) is 12.1 Å².